The van der Waals surface area contributed by atoms with Crippen molar-refractivity contribution in [3.63, 3.8) is 0 Å². The Labute approximate surface area is 72.9 Å². The van der Waals surface area contributed by atoms with E-state index in [1.807, 2.05) is 0 Å². The molecule has 1 atom stereocenters. The molecule has 0 saturated heterocycles. The highest BCUT2D eigenvalue weighted by molar-refractivity contribution is 5.78. The third-order valence-electron chi connectivity index (χ3n) is 2.70. The number of rotatable bonds is 1. The van der Waals surface area contributed by atoms with Gasteiger partial charge in [-0.3, -0.25) is 4.79 Å². The summed E-state index contributed by atoms with van der Waals surface area (Å²) in [6.07, 6.45) is 3.22. The monoisotopic (exact) mass is 171 g/mol. The van der Waals surface area contributed by atoms with Gasteiger partial charge in [-0.2, -0.15) is 0 Å². The first-order chi connectivity index (χ1) is 5.36. The maximum Gasteiger partial charge on any atom is 0.323 e. The molecular formula is C9H17NO2. The van der Waals surface area contributed by atoms with Gasteiger partial charge in [0.25, 0.3) is 0 Å². The summed E-state index contributed by atoms with van der Waals surface area (Å²) in [6, 6.07) is 0. The van der Waals surface area contributed by atoms with Crippen LogP contribution >= 0.6 is 0 Å². The van der Waals surface area contributed by atoms with Crippen molar-refractivity contribution in [3.05, 3.63) is 0 Å². The zero-order valence-corrected chi connectivity index (χ0v) is 7.76. The second-order valence-corrected chi connectivity index (χ2v) is 4.66. The predicted molar refractivity (Wildman–Crippen MR) is 46.8 cm³/mol. The van der Waals surface area contributed by atoms with Gasteiger partial charge in [-0.15, -0.1) is 0 Å². The van der Waals surface area contributed by atoms with E-state index in [9.17, 15) is 4.79 Å². The van der Waals surface area contributed by atoms with Gasteiger partial charge in [0.05, 0.1) is 0 Å². The Morgan fingerprint density at radius 1 is 1.42 bits per heavy atom. The standard InChI is InChI=1S/C9H17NO2/c1-8(2)4-3-5-9(10,6-8)7(11)12/h3-6,10H2,1-2H3,(H,11,12)/t9-/m1/s1. The molecule has 0 spiro atoms. The third-order valence-corrected chi connectivity index (χ3v) is 2.70. The van der Waals surface area contributed by atoms with E-state index in [4.69, 9.17) is 10.8 Å². The molecule has 70 valence electrons. The minimum Gasteiger partial charge on any atom is -0.480 e. The van der Waals surface area contributed by atoms with Gasteiger partial charge >= 0.3 is 5.97 Å². The van der Waals surface area contributed by atoms with Crippen LogP contribution in [-0.4, -0.2) is 16.6 Å². The Bertz CT molecular complexity index is 201. The van der Waals surface area contributed by atoms with Crippen molar-refractivity contribution in [3.8, 4) is 0 Å². The van der Waals surface area contributed by atoms with Gasteiger partial charge in [-0.1, -0.05) is 20.3 Å². The fourth-order valence-electron chi connectivity index (χ4n) is 2.10. The summed E-state index contributed by atoms with van der Waals surface area (Å²) in [6.45, 7) is 4.16. The third kappa shape index (κ3) is 1.78. The molecule has 1 saturated carbocycles. The maximum absolute atomic E-state index is 10.8. The highest BCUT2D eigenvalue weighted by atomic mass is 16.4. The van der Waals surface area contributed by atoms with Crippen molar-refractivity contribution in [2.45, 2.75) is 45.1 Å². The lowest BCUT2D eigenvalue weighted by Gasteiger charge is -2.39. The van der Waals surface area contributed by atoms with Gasteiger partial charge in [0.1, 0.15) is 5.54 Å². The number of carboxylic acids is 1. The first kappa shape index (κ1) is 9.52. The normalized spacial score (nSPS) is 34.6. The van der Waals surface area contributed by atoms with Crippen LogP contribution in [0.15, 0.2) is 0 Å². The lowest BCUT2D eigenvalue weighted by Crippen LogP contribution is -2.53. The van der Waals surface area contributed by atoms with Crippen molar-refractivity contribution in [2.75, 3.05) is 0 Å². The van der Waals surface area contributed by atoms with Crippen LogP contribution in [-0.2, 0) is 4.79 Å². The summed E-state index contributed by atoms with van der Waals surface area (Å²) < 4.78 is 0. The van der Waals surface area contributed by atoms with Gasteiger partial charge in [0.15, 0.2) is 0 Å². The Kier molecular flexibility index (Phi) is 2.17. The van der Waals surface area contributed by atoms with E-state index in [1.165, 1.54) is 0 Å². The number of hydrogen-bond acceptors (Lipinski definition) is 2. The molecule has 0 bridgehead atoms. The molecule has 0 heterocycles. The van der Waals surface area contributed by atoms with Crippen LogP contribution in [0.4, 0.5) is 0 Å². The highest BCUT2D eigenvalue weighted by Crippen LogP contribution is 2.39. The van der Waals surface area contributed by atoms with Gasteiger partial charge < -0.3 is 10.8 Å². The first-order valence-corrected chi connectivity index (χ1v) is 4.38. The maximum atomic E-state index is 10.8. The molecule has 1 aliphatic carbocycles. The van der Waals surface area contributed by atoms with Gasteiger partial charge in [0, 0.05) is 0 Å². The number of aliphatic carboxylic acids is 1. The van der Waals surface area contributed by atoms with E-state index >= 15 is 0 Å². The zero-order valence-electron chi connectivity index (χ0n) is 7.76. The Hall–Kier alpha value is -0.570. The number of hydrogen-bond donors (Lipinski definition) is 2. The largest absolute Gasteiger partial charge is 0.480 e. The summed E-state index contributed by atoms with van der Waals surface area (Å²) in [5.74, 6) is -0.852. The molecule has 3 heteroatoms. The quantitative estimate of drug-likeness (QED) is 0.626. The zero-order chi connectivity index (χ0) is 9.41. The number of nitrogens with two attached hydrogens (primary N) is 1. The predicted octanol–water partition coefficient (Wildman–Crippen LogP) is 1.37. The summed E-state index contributed by atoms with van der Waals surface area (Å²) >= 11 is 0. The van der Waals surface area contributed by atoms with Crippen LogP contribution in [0.5, 0.6) is 0 Å². The average molecular weight is 171 g/mol. The molecule has 1 aliphatic rings. The van der Waals surface area contributed by atoms with E-state index in [1.54, 1.807) is 0 Å². The molecule has 0 aliphatic heterocycles. The van der Waals surface area contributed by atoms with Crippen LogP contribution in [0, 0.1) is 5.41 Å². The molecule has 0 aromatic carbocycles. The fourth-order valence-corrected chi connectivity index (χ4v) is 2.10. The average Bonchev–Trinajstić information content (AvgIpc) is 1.83. The summed E-state index contributed by atoms with van der Waals surface area (Å²) in [7, 11) is 0. The summed E-state index contributed by atoms with van der Waals surface area (Å²) in [4.78, 5) is 10.8. The van der Waals surface area contributed by atoms with Crippen LogP contribution in [0.25, 0.3) is 0 Å². The Morgan fingerprint density at radius 2 is 2.00 bits per heavy atom. The molecule has 0 radical (unpaired) electrons. The van der Waals surface area contributed by atoms with Crippen molar-refractivity contribution in [2.24, 2.45) is 11.1 Å². The van der Waals surface area contributed by atoms with E-state index in [0.29, 0.717) is 12.8 Å². The van der Waals surface area contributed by atoms with Crippen LogP contribution in [0.2, 0.25) is 0 Å². The first-order valence-electron chi connectivity index (χ1n) is 4.38. The SMILES string of the molecule is CC1(C)CCC[C@](N)(C(=O)O)C1. The Balaban J connectivity index is 2.74. The molecule has 0 unspecified atom stereocenters. The van der Waals surface area contributed by atoms with E-state index in [2.05, 4.69) is 13.8 Å². The van der Waals surface area contributed by atoms with E-state index < -0.39 is 11.5 Å². The van der Waals surface area contributed by atoms with Crippen LogP contribution in [0.1, 0.15) is 39.5 Å². The van der Waals surface area contributed by atoms with Gasteiger partial charge in [0.2, 0.25) is 0 Å². The molecule has 1 rings (SSSR count). The van der Waals surface area contributed by atoms with Gasteiger partial charge in [-0.05, 0) is 24.7 Å². The molecular weight excluding hydrogens is 154 g/mol. The molecule has 3 nitrogen and oxygen atoms in total. The topological polar surface area (TPSA) is 63.3 Å². The number of carbonyl (C=O) groups is 1. The second kappa shape index (κ2) is 2.73. The van der Waals surface area contributed by atoms with Crippen LogP contribution < -0.4 is 5.73 Å². The molecule has 0 aromatic heterocycles. The van der Waals surface area contributed by atoms with Crippen molar-refractivity contribution in [1.29, 1.82) is 0 Å². The molecule has 1 fully saturated rings. The number of carboxylic acid groups (broad SMARTS) is 1. The molecule has 0 amide bonds. The van der Waals surface area contributed by atoms with Crippen LogP contribution in [0.3, 0.4) is 0 Å². The fraction of sp³-hybridized carbons (Fsp3) is 0.889. The van der Waals surface area contributed by atoms with Gasteiger partial charge in [-0.25, -0.2) is 0 Å². The van der Waals surface area contributed by atoms with E-state index in [-0.39, 0.29) is 5.41 Å². The molecule has 0 aromatic rings. The highest BCUT2D eigenvalue weighted by Gasteiger charge is 2.42. The second-order valence-electron chi connectivity index (χ2n) is 4.66. The van der Waals surface area contributed by atoms with E-state index in [0.717, 1.165) is 12.8 Å². The van der Waals surface area contributed by atoms with Crippen molar-refractivity contribution < 1.29 is 9.90 Å². The van der Waals surface area contributed by atoms with Crippen molar-refractivity contribution >= 4 is 5.97 Å². The summed E-state index contributed by atoms with van der Waals surface area (Å²) in [5.41, 5.74) is 4.90. The summed E-state index contributed by atoms with van der Waals surface area (Å²) in [5, 5.41) is 8.90. The Morgan fingerprint density at radius 3 is 2.33 bits per heavy atom. The minimum atomic E-state index is -0.970. The smallest absolute Gasteiger partial charge is 0.323 e. The lowest BCUT2D eigenvalue weighted by atomic mass is 9.68. The minimum absolute atomic E-state index is 0.0887. The van der Waals surface area contributed by atoms with Crippen molar-refractivity contribution in [1.82, 2.24) is 0 Å². The molecule has 3 N–H and O–H groups in total. The molecule has 12 heavy (non-hydrogen) atoms. The lowest BCUT2D eigenvalue weighted by molar-refractivity contribution is -0.146.